The molecule has 0 spiro atoms. The van der Waals surface area contributed by atoms with Crippen LogP contribution in [0.2, 0.25) is 0 Å². The highest BCUT2D eigenvalue weighted by Crippen LogP contribution is 2.21. The highest BCUT2D eigenvalue weighted by molar-refractivity contribution is 7.89. The Labute approximate surface area is 141 Å². The maximum Gasteiger partial charge on any atom is 0.260 e. The van der Waals surface area contributed by atoms with Gasteiger partial charge in [-0.15, -0.1) is 0 Å². The van der Waals surface area contributed by atoms with E-state index in [1.165, 1.54) is 4.31 Å². The zero-order chi connectivity index (χ0) is 17.3. The second kappa shape index (κ2) is 6.52. The first-order valence-electron chi connectivity index (χ1n) is 8.12. The summed E-state index contributed by atoms with van der Waals surface area (Å²) in [6, 6.07) is 7.24. The van der Waals surface area contributed by atoms with Crippen LogP contribution >= 0.6 is 0 Å². The van der Waals surface area contributed by atoms with Gasteiger partial charge in [0.2, 0.25) is 16.0 Å². The van der Waals surface area contributed by atoms with Crippen LogP contribution in [-0.2, 0) is 10.0 Å². The Morgan fingerprint density at radius 2 is 1.96 bits per heavy atom. The molecule has 2 aromatic rings. The molecule has 1 aromatic carbocycles. The molecule has 2 heterocycles. The molecule has 0 aliphatic carbocycles. The molecule has 1 saturated heterocycles. The third-order valence-corrected chi connectivity index (χ3v) is 6.59. The summed E-state index contributed by atoms with van der Waals surface area (Å²) in [6.45, 7) is 2.98. The first kappa shape index (κ1) is 16.9. The van der Waals surface area contributed by atoms with E-state index in [9.17, 15) is 13.2 Å². The Kier molecular flexibility index (Phi) is 4.60. The Bertz CT molecular complexity index is 886. The predicted molar refractivity (Wildman–Crippen MR) is 94.8 cm³/mol. The Morgan fingerprint density at radius 1 is 1.29 bits per heavy atom. The van der Waals surface area contributed by atoms with Crippen molar-refractivity contribution in [1.29, 1.82) is 0 Å². The largest absolute Gasteiger partial charge is 0.342 e. The lowest BCUT2D eigenvalue weighted by molar-refractivity contribution is 0.311. The summed E-state index contributed by atoms with van der Waals surface area (Å²) >= 11 is 0. The average Bonchev–Trinajstić information content (AvgIpc) is 2.61. The number of sulfonamides is 1. The van der Waals surface area contributed by atoms with Crippen LogP contribution in [0.15, 0.2) is 29.1 Å². The molecule has 0 unspecified atom stereocenters. The molecule has 130 valence electrons. The number of aromatic amines is 1. The van der Waals surface area contributed by atoms with Crippen molar-refractivity contribution in [2.45, 2.75) is 25.8 Å². The van der Waals surface area contributed by atoms with E-state index in [0.29, 0.717) is 42.8 Å². The number of hydrogen-bond acceptors (Lipinski definition) is 5. The molecule has 3 rings (SSSR count). The van der Waals surface area contributed by atoms with Crippen molar-refractivity contribution in [2.24, 2.45) is 0 Å². The number of nitrogens with one attached hydrogen (secondary N) is 1. The molecule has 0 radical (unpaired) electrons. The van der Waals surface area contributed by atoms with Gasteiger partial charge in [0.1, 0.15) is 0 Å². The fourth-order valence-corrected chi connectivity index (χ4v) is 4.17. The fraction of sp³-hybridized carbons (Fsp3) is 0.500. The van der Waals surface area contributed by atoms with Crippen LogP contribution in [0.1, 0.15) is 19.8 Å². The van der Waals surface area contributed by atoms with Crippen molar-refractivity contribution in [3.05, 3.63) is 34.6 Å². The molecule has 1 aromatic heterocycles. The number of anilines is 1. The number of nitrogens with zero attached hydrogens (tertiary/aromatic N) is 3. The van der Waals surface area contributed by atoms with E-state index in [2.05, 4.69) is 9.97 Å². The van der Waals surface area contributed by atoms with E-state index in [1.807, 2.05) is 23.1 Å². The second-order valence-electron chi connectivity index (χ2n) is 6.04. The molecule has 0 atom stereocenters. The molecule has 0 saturated carbocycles. The van der Waals surface area contributed by atoms with E-state index in [-0.39, 0.29) is 17.4 Å². The van der Waals surface area contributed by atoms with Crippen LogP contribution in [0.3, 0.4) is 0 Å². The Balaban J connectivity index is 1.77. The van der Waals surface area contributed by atoms with Gasteiger partial charge in [0.15, 0.2) is 0 Å². The maximum absolute atomic E-state index is 12.2. The zero-order valence-corrected chi connectivity index (χ0v) is 14.7. The van der Waals surface area contributed by atoms with Gasteiger partial charge in [0, 0.05) is 26.2 Å². The minimum atomic E-state index is -3.17. The third kappa shape index (κ3) is 3.16. The summed E-state index contributed by atoms with van der Waals surface area (Å²) in [5.41, 5.74) is 0.521. The number of H-pyrrole nitrogens is 1. The van der Waals surface area contributed by atoms with Crippen molar-refractivity contribution in [3.63, 3.8) is 0 Å². The lowest BCUT2D eigenvalue weighted by Crippen LogP contribution is -2.46. The van der Waals surface area contributed by atoms with Crippen LogP contribution in [-0.4, -0.2) is 54.6 Å². The van der Waals surface area contributed by atoms with Gasteiger partial charge < -0.3 is 4.90 Å². The molecular formula is C16H22N4O3S. The van der Waals surface area contributed by atoms with Gasteiger partial charge in [-0.05, 0) is 31.9 Å². The SMILES string of the molecule is CCS(=O)(=O)N(C)C1CCN(c2nc3ccccc3c(=O)[nH]2)CC1. The van der Waals surface area contributed by atoms with E-state index < -0.39 is 10.0 Å². The topological polar surface area (TPSA) is 86.4 Å². The number of para-hydroxylation sites is 1. The molecule has 24 heavy (non-hydrogen) atoms. The summed E-state index contributed by atoms with van der Waals surface area (Å²) < 4.78 is 25.5. The number of rotatable bonds is 4. The Hall–Kier alpha value is -1.93. The molecule has 1 aliphatic heterocycles. The van der Waals surface area contributed by atoms with Crippen molar-refractivity contribution >= 4 is 26.9 Å². The molecule has 1 fully saturated rings. The maximum atomic E-state index is 12.2. The molecule has 0 bridgehead atoms. The van der Waals surface area contributed by atoms with Crippen molar-refractivity contribution < 1.29 is 8.42 Å². The second-order valence-corrected chi connectivity index (χ2v) is 8.36. The van der Waals surface area contributed by atoms with Gasteiger partial charge in [-0.25, -0.2) is 17.7 Å². The van der Waals surface area contributed by atoms with E-state index >= 15 is 0 Å². The summed E-state index contributed by atoms with van der Waals surface area (Å²) in [5, 5.41) is 0.574. The summed E-state index contributed by atoms with van der Waals surface area (Å²) in [6.07, 6.45) is 1.43. The molecule has 8 heteroatoms. The highest BCUT2D eigenvalue weighted by atomic mass is 32.2. The van der Waals surface area contributed by atoms with Gasteiger partial charge in [0.25, 0.3) is 5.56 Å². The summed E-state index contributed by atoms with van der Waals surface area (Å²) in [4.78, 5) is 21.6. The van der Waals surface area contributed by atoms with Crippen LogP contribution < -0.4 is 10.5 Å². The minimum Gasteiger partial charge on any atom is -0.342 e. The lowest BCUT2D eigenvalue weighted by atomic mass is 10.1. The van der Waals surface area contributed by atoms with Crippen LogP contribution in [0.25, 0.3) is 10.9 Å². The van der Waals surface area contributed by atoms with Crippen LogP contribution in [0.5, 0.6) is 0 Å². The summed E-state index contributed by atoms with van der Waals surface area (Å²) in [7, 11) is -1.53. The van der Waals surface area contributed by atoms with E-state index in [1.54, 1.807) is 20.0 Å². The normalized spacial score (nSPS) is 16.9. The van der Waals surface area contributed by atoms with Crippen molar-refractivity contribution in [3.8, 4) is 0 Å². The van der Waals surface area contributed by atoms with Crippen LogP contribution in [0, 0.1) is 0 Å². The molecule has 0 amide bonds. The molecule has 1 N–H and O–H groups in total. The van der Waals surface area contributed by atoms with Crippen LogP contribution in [0.4, 0.5) is 5.95 Å². The van der Waals surface area contributed by atoms with E-state index in [4.69, 9.17) is 0 Å². The first-order chi connectivity index (χ1) is 11.4. The molecule has 1 aliphatic rings. The first-order valence-corrected chi connectivity index (χ1v) is 9.73. The quantitative estimate of drug-likeness (QED) is 0.895. The average molecular weight is 350 g/mol. The summed E-state index contributed by atoms with van der Waals surface area (Å²) in [5.74, 6) is 0.668. The fourth-order valence-electron chi connectivity index (χ4n) is 3.10. The molecule has 7 nitrogen and oxygen atoms in total. The smallest absolute Gasteiger partial charge is 0.260 e. The number of piperidine rings is 1. The third-order valence-electron chi connectivity index (χ3n) is 4.68. The van der Waals surface area contributed by atoms with Gasteiger partial charge in [-0.2, -0.15) is 0 Å². The van der Waals surface area contributed by atoms with Gasteiger partial charge in [-0.3, -0.25) is 9.78 Å². The lowest BCUT2D eigenvalue weighted by Gasteiger charge is -2.36. The van der Waals surface area contributed by atoms with Gasteiger partial charge in [0.05, 0.1) is 16.7 Å². The Morgan fingerprint density at radius 3 is 2.62 bits per heavy atom. The zero-order valence-electron chi connectivity index (χ0n) is 13.9. The van der Waals surface area contributed by atoms with Crippen molar-refractivity contribution in [1.82, 2.24) is 14.3 Å². The number of hydrogen-bond donors (Lipinski definition) is 1. The number of fused-ring (bicyclic) bond motifs is 1. The number of aromatic nitrogens is 2. The standard InChI is InChI=1S/C16H22N4O3S/c1-3-24(22,23)19(2)12-8-10-20(11-9-12)16-17-14-7-5-4-6-13(14)15(21)18-16/h4-7,12H,3,8-11H2,1-2H3,(H,17,18,21). The van der Waals surface area contributed by atoms with Gasteiger partial charge in [-0.1, -0.05) is 12.1 Å². The van der Waals surface area contributed by atoms with Crippen molar-refractivity contribution in [2.75, 3.05) is 30.8 Å². The minimum absolute atomic E-state index is 0.00150. The monoisotopic (exact) mass is 350 g/mol. The van der Waals surface area contributed by atoms with E-state index in [0.717, 1.165) is 0 Å². The highest BCUT2D eigenvalue weighted by Gasteiger charge is 2.29. The van der Waals surface area contributed by atoms with Gasteiger partial charge >= 0.3 is 0 Å². The predicted octanol–water partition coefficient (Wildman–Crippen LogP) is 1.17. The number of benzene rings is 1. The molecular weight excluding hydrogens is 328 g/mol.